The van der Waals surface area contributed by atoms with Crippen LogP contribution in [0.5, 0.6) is 0 Å². The van der Waals surface area contributed by atoms with Gasteiger partial charge in [0.2, 0.25) is 5.91 Å². The number of hydrogen-bond donors (Lipinski definition) is 1. The Kier molecular flexibility index (Phi) is 6.71. The van der Waals surface area contributed by atoms with Crippen LogP contribution in [0.1, 0.15) is 16.7 Å². The molecular formula is C28H23N3O3S2. The number of fused-ring (bicyclic) bond motifs is 1. The highest BCUT2D eigenvalue weighted by Gasteiger charge is 2.42. The van der Waals surface area contributed by atoms with Gasteiger partial charge < -0.3 is 5.32 Å². The molecule has 3 aromatic carbocycles. The summed E-state index contributed by atoms with van der Waals surface area (Å²) in [6, 6.07) is 24.6. The molecule has 0 atom stereocenters. The standard InChI is InChI=1S/C28H23N3O3S2/c1-18-9-5-7-13-21(18)29-23(32)17-31-22-14-8-6-12-20(22)24(26(31)33)25-27(34)30(28(35)36-25)16-15-19-10-3-2-4-11-19/h2-14H,15-17H2,1H3,(H,29,32)/b25-24+. The van der Waals surface area contributed by atoms with Crippen LogP contribution < -0.4 is 10.2 Å². The predicted octanol–water partition coefficient (Wildman–Crippen LogP) is 4.79. The molecule has 2 heterocycles. The highest BCUT2D eigenvalue weighted by Crippen LogP contribution is 2.44. The van der Waals surface area contributed by atoms with Crippen LogP contribution in [0.2, 0.25) is 0 Å². The summed E-state index contributed by atoms with van der Waals surface area (Å²) in [7, 11) is 0. The number of thioether (sulfide) groups is 1. The number of carbonyl (C=O) groups excluding carboxylic acids is 3. The van der Waals surface area contributed by atoms with Gasteiger partial charge in [0.15, 0.2) is 0 Å². The zero-order chi connectivity index (χ0) is 25.2. The van der Waals surface area contributed by atoms with Crippen LogP contribution in [0.15, 0.2) is 83.8 Å². The number of carbonyl (C=O) groups is 3. The van der Waals surface area contributed by atoms with Crippen LogP contribution in [0.3, 0.4) is 0 Å². The van der Waals surface area contributed by atoms with Crippen molar-refractivity contribution in [3.8, 4) is 0 Å². The largest absolute Gasteiger partial charge is 0.324 e. The Morgan fingerprint density at radius 2 is 1.58 bits per heavy atom. The van der Waals surface area contributed by atoms with E-state index in [0.29, 0.717) is 44.7 Å². The van der Waals surface area contributed by atoms with Gasteiger partial charge in [0, 0.05) is 17.8 Å². The quantitative estimate of drug-likeness (QED) is 0.379. The lowest BCUT2D eigenvalue weighted by molar-refractivity contribution is -0.122. The molecule has 36 heavy (non-hydrogen) atoms. The summed E-state index contributed by atoms with van der Waals surface area (Å²) in [5.41, 5.74) is 4.27. The first-order chi connectivity index (χ1) is 17.4. The van der Waals surface area contributed by atoms with Crippen molar-refractivity contribution in [3.05, 3.63) is 100 Å². The van der Waals surface area contributed by atoms with E-state index in [2.05, 4.69) is 5.32 Å². The molecule has 5 rings (SSSR count). The number of benzene rings is 3. The molecule has 1 N–H and O–H groups in total. The smallest absolute Gasteiger partial charge is 0.267 e. The fourth-order valence-corrected chi connectivity index (χ4v) is 5.71. The molecule has 1 saturated heterocycles. The molecule has 0 aromatic heterocycles. The molecule has 2 aliphatic heterocycles. The van der Waals surface area contributed by atoms with Crippen molar-refractivity contribution in [3.63, 3.8) is 0 Å². The summed E-state index contributed by atoms with van der Waals surface area (Å²) >= 11 is 6.66. The topological polar surface area (TPSA) is 69.7 Å². The Hall–Kier alpha value is -3.75. The van der Waals surface area contributed by atoms with Crippen LogP contribution in [-0.2, 0) is 20.8 Å². The van der Waals surface area contributed by atoms with Crippen LogP contribution in [0.25, 0.3) is 5.57 Å². The minimum absolute atomic E-state index is 0.165. The molecule has 8 heteroatoms. The number of nitrogens with one attached hydrogen (secondary N) is 1. The van der Waals surface area contributed by atoms with Gasteiger partial charge in [-0.25, -0.2) is 0 Å². The summed E-state index contributed by atoms with van der Waals surface area (Å²) < 4.78 is 0.430. The number of para-hydroxylation sites is 2. The number of hydrogen-bond acceptors (Lipinski definition) is 5. The molecule has 0 unspecified atom stereocenters. The van der Waals surface area contributed by atoms with E-state index in [1.807, 2.05) is 73.7 Å². The number of nitrogens with zero attached hydrogens (tertiary/aromatic N) is 2. The predicted molar refractivity (Wildman–Crippen MR) is 148 cm³/mol. The molecule has 3 aromatic rings. The van der Waals surface area contributed by atoms with E-state index in [1.165, 1.54) is 4.90 Å². The van der Waals surface area contributed by atoms with E-state index in [0.717, 1.165) is 22.9 Å². The van der Waals surface area contributed by atoms with Crippen molar-refractivity contribution in [2.75, 3.05) is 23.3 Å². The minimum Gasteiger partial charge on any atom is -0.324 e. The number of thiocarbonyl (C=S) groups is 1. The summed E-state index contributed by atoms with van der Waals surface area (Å²) in [5, 5.41) is 2.88. The fraction of sp³-hybridized carbons (Fsp3) is 0.143. The molecule has 2 aliphatic rings. The van der Waals surface area contributed by atoms with E-state index in [4.69, 9.17) is 12.2 Å². The summed E-state index contributed by atoms with van der Waals surface area (Å²) in [6.07, 6.45) is 0.658. The first-order valence-electron chi connectivity index (χ1n) is 11.5. The number of rotatable bonds is 6. The molecule has 0 saturated carbocycles. The van der Waals surface area contributed by atoms with Gasteiger partial charge in [-0.05, 0) is 36.6 Å². The van der Waals surface area contributed by atoms with E-state index in [9.17, 15) is 14.4 Å². The third-order valence-corrected chi connectivity index (χ3v) is 7.64. The minimum atomic E-state index is -0.375. The zero-order valence-corrected chi connectivity index (χ0v) is 21.2. The second-order valence-corrected chi connectivity index (χ2v) is 10.2. The first-order valence-corrected chi connectivity index (χ1v) is 12.7. The van der Waals surface area contributed by atoms with Crippen LogP contribution >= 0.6 is 24.0 Å². The van der Waals surface area contributed by atoms with E-state index < -0.39 is 0 Å². The monoisotopic (exact) mass is 513 g/mol. The van der Waals surface area contributed by atoms with E-state index in [-0.39, 0.29) is 24.3 Å². The Balaban J connectivity index is 1.40. The maximum absolute atomic E-state index is 13.6. The highest BCUT2D eigenvalue weighted by molar-refractivity contribution is 8.26. The lowest BCUT2D eigenvalue weighted by Gasteiger charge is -2.17. The van der Waals surface area contributed by atoms with E-state index >= 15 is 0 Å². The SMILES string of the molecule is Cc1ccccc1NC(=O)CN1C(=O)/C(=C2/SC(=S)N(CCc3ccccc3)C2=O)c2ccccc21. The Morgan fingerprint density at radius 1 is 0.889 bits per heavy atom. The lowest BCUT2D eigenvalue weighted by Crippen LogP contribution is -2.36. The lowest BCUT2D eigenvalue weighted by atomic mass is 10.1. The highest BCUT2D eigenvalue weighted by atomic mass is 32.2. The van der Waals surface area contributed by atoms with Gasteiger partial charge in [0.25, 0.3) is 11.8 Å². The van der Waals surface area contributed by atoms with Gasteiger partial charge in [0.05, 0.1) is 16.2 Å². The molecule has 0 spiro atoms. The average Bonchev–Trinajstić information content (AvgIpc) is 3.31. The van der Waals surface area contributed by atoms with Gasteiger partial charge in [0.1, 0.15) is 10.9 Å². The molecule has 0 radical (unpaired) electrons. The van der Waals surface area contributed by atoms with Crippen molar-refractivity contribution in [1.82, 2.24) is 4.90 Å². The van der Waals surface area contributed by atoms with Gasteiger partial charge in [-0.2, -0.15) is 0 Å². The van der Waals surface area contributed by atoms with E-state index in [1.54, 1.807) is 17.0 Å². The average molecular weight is 514 g/mol. The second kappa shape index (κ2) is 10.1. The van der Waals surface area contributed by atoms with Crippen LogP contribution in [-0.4, -0.2) is 40.0 Å². The molecular weight excluding hydrogens is 490 g/mol. The van der Waals surface area contributed by atoms with Gasteiger partial charge in [-0.15, -0.1) is 0 Å². The molecule has 1 fully saturated rings. The maximum atomic E-state index is 13.6. The molecule has 6 nitrogen and oxygen atoms in total. The fourth-order valence-electron chi connectivity index (χ4n) is 4.33. The molecule has 0 aliphatic carbocycles. The second-order valence-electron chi connectivity index (χ2n) is 8.54. The van der Waals surface area contributed by atoms with Crippen molar-refractivity contribution < 1.29 is 14.4 Å². The first kappa shape index (κ1) is 24.0. The van der Waals surface area contributed by atoms with Crippen LogP contribution in [0, 0.1) is 6.92 Å². The third kappa shape index (κ3) is 4.57. The van der Waals surface area contributed by atoms with Gasteiger partial charge >= 0.3 is 0 Å². The Morgan fingerprint density at radius 3 is 2.36 bits per heavy atom. The summed E-state index contributed by atoms with van der Waals surface area (Å²) in [5.74, 6) is -0.964. The third-order valence-electron chi connectivity index (χ3n) is 6.19. The normalized spacial score (nSPS) is 17.1. The van der Waals surface area contributed by atoms with Crippen molar-refractivity contribution in [1.29, 1.82) is 0 Å². The molecule has 180 valence electrons. The Bertz CT molecular complexity index is 1420. The van der Waals surface area contributed by atoms with Crippen molar-refractivity contribution >= 4 is 63.0 Å². The van der Waals surface area contributed by atoms with Gasteiger partial charge in [-0.1, -0.05) is 90.7 Å². The molecule has 3 amide bonds. The zero-order valence-electron chi connectivity index (χ0n) is 19.6. The number of aryl methyl sites for hydroxylation is 1. The maximum Gasteiger partial charge on any atom is 0.267 e. The van der Waals surface area contributed by atoms with Gasteiger partial charge in [-0.3, -0.25) is 24.2 Å². The Labute approximate surface area is 219 Å². The van der Waals surface area contributed by atoms with Crippen molar-refractivity contribution in [2.45, 2.75) is 13.3 Å². The molecule has 0 bridgehead atoms. The number of amides is 3. The van der Waals surface area contributed by atoms with Crippen molar-refractivity contribution in [2.24, 2.45) is 0 Å². The summed E-state index contributed by atoms with van der Waals surface area (Å²) in [6.45, 7) is 2.18. The summed E-state index contributed by atoms with van der Waals surface area (Å²) in [4.78, 5) is 43.2. The number of anilines is 2. The van der Waals surface area contributed by atoms with Crippen LogP contribution in [0.4, 0.5) is 11.4 Å².